The molecular formula is C47H68N2. The van der Waals surface area contributed by atoms with Crippen molar-refractivity contribution in [3.8, 4) is 0 Å². The fourth-order valence-electron chi connectivity index (χ4n) is 7.14. The number of aryl methyl sites for hydroxylation is 2. The van der Waals surface area contributed by atoms with E-state index in [9.17, 15) is 0 Å². The van der Waals surface area contributed by atoms with E-state index < -0.39 is 0 Å². The molecule has 1 aliphatic rings. The van der Waals surface area contributed by atoms with Crippen LogP contribution in [0, 0.1) is 0 Å². The molecule has 0 amide bonds. The number of rotatable bonds is 26. The normalized spacial score (nSPS) is 14.4. The van der Waals surface area contributed by atoms with E-state index >= 15 is 0 Å². The molecule has 0 fully saturated rings. The van der Waals surface area contributed by atoms with Gasteiger partial charge in [0.1, 0.15) is 0 Å². The van der Waals surface area contributed by atoms with Crippen molar-refractivity contribution < 1.29 is 0 Å². The Morgan fingerprint density at radius 3 is 1.43 bits per heavy atom. The summed E-state index contributed by atoms with van der Waals surface area (Å²) in [6.07, 6.45) is 37.0. The Morgan fingerprint density at radius 2 is 0.939 bits per heavy atom. The van der Waals surface area contributed by atoms with E-state index in [4.69, 9.17) is 0 Å². The fourth-order valence-corrected chi connectivity index (χ4v) is 7.14. The third-order valence-corrected chi connectivity index (χ3v) is 10.3. The van der Waals surface area contributed by atoms with Gasteiger partial charge in [-0.1, -0.05) is 202 Å². The number of benzene rings is 3. The number of nitrogens with zero attached hydrogens (tertiary/aromatic N) is 1. The molecule has 1 N–H and O–H groups in total. The first kappa shape index (κ1) is 38.5. The monoisotopic (exact) mass is 661 g/mol. The topological polar surface area (TPSA) is 15.3 Å². The van der Waals surface area contributed by atoms with E-state index in [1.54, 1.807) is 0 Å². The van der Waals surface area contributed by atoms with E-state index in [2.05, 4.69) is 121 Å². The summed E-state index contributed by atoms with van der Waals surface area (Å²) >= 11 is 0. The van der Waals surface area contributed by atoms with Gasteiger partial charge in [-0.25, -0.2) is 0 Å². The van der Waals surface area contributed by atoms with Crippen molar-refractivity contribution in [2.45, 2.75) is 161 Å². The summed E-state index contributed by atoms with van der Waals surface area (Å²) in [5, 5.41) is 2.30. The number of para-hydroxylation sites is 1. The number of hydrazine groups is 1. The minimum Gasteiger partial charge on any atom is -0.298 e. The van der Waals surface area contributed by atoms with Gasteiger partial charge in [-0.15, -0.1) is 0 Å². The summed E-state index contributed by atoms with van der Waals surface area (Å²) < 4.78 is 0. The van der Waals surface area contributed by atoms with Crippen LogP contribution >= 0.6 is 0 Å². The molecule has 4 rings (SSSR count). The lowest BCUT2D eigenvalue weighted by Gasteiger charge is -2.27. The molecule has 49 heavy (non-hydrogen) atoms. The third-order valence-electron chi connectivity index (χ3n) is 10.3. The predicted molar refractivity (Wildman–Crippen MR) is 216 cm³/mol. The largest absolute Gasteiger partial charge is 0.298 e. The van der Waals surface area contributed by atoms with E-state index in [0.29, 0.717) is 0 Å². The Morgan fingerprint density at radius 1 is 0.490 bits per heavy atom. The zero-order valence-electron chi connectivity index (χ0n) is 31.3. The van der Waals surface area contributed by atoms with Gasteiger partial charge < -0.3 is 0 Å². The molecule has 3 aromatic carbocycles. The molecule has 1 heterocycles. The molecule has 0 saturated carbocycles. The molecule has 0 aromatic heterocycles. The molecule has 2 nitrogen and oxygen atoms in total. The number of unbranched alkanes of at least 4 members (excludes halogenated alkanes) is 18. The second-order valence-corrected chi connectivity index (χ2v) is 14.6. The highest BCUT2D eigenvalue weighted by Crippen LogP contribution is 2.33. The molecule has 3 aromatic rings. The van der Waals surface area contributed by atoms with Crippen LogP contribution in [0.3, 0.4) is 0 Å². The average Bonchev–Trinajstić information content (AvgIpc) is 3.58. The van der Waals surface area contributed by atoms with Crippen LogP contribution < -0.4 is 10.4 Å². The van der Waals surface area contributed by atoms with E-state index in [1.807, 2.05) is 0 Å². The van der Waals surface area contributed by atoms with Crippen molar-refractivity contribution in [3.63, 3.8) is 0 Å². The van der Waals surface area contributed by atoms with E-state index in [-0.39, 0.29) is 6.04 Å². The lowest BCUT2D eigenvalue weighted by molar-refractivity contribution is 0.556. The van der Waals surface area contributed by atoms with Crippen molar-refractivity contribution in [1.29, 1.82) is 0 Å². The van der Waals surface area contributed by atoms with Gasteiger partial charge in [-0.3, -0.25) is 10.4 Å². The number of anilines is 1. The molecule has 1 atom stereocenters. The van der Waals surface area contributed by atoms with Crippen LogP contribution in [0.1, 0.15) is 171 Å². The molecule has 0 saturated heterocycles. The maximum Gasteiger partial charge on any atom is 0.0958 e. The molecule has 1 aliphatic heterocycles. The number of hydrogen-bond acceptors (Lipinski definition) is 2. The number of hydrogen-bond donors (Lipinski definition) is 1. The summed E-state index contributed by atoms with van der Waals surface area (Å²) in [4.78, 5) is 0. The van der Waals surface area contributed by atoms with Gasteiger partial charge >= 0.3 is 0 Å². The molecule has 0 bridgehead atoms. The van der Waals surface area contributed by atoms with Crippen molar-refractivity contribution in [2.24, 2.45) is 0 Å². The standard InChI is InChI=1S/C47H68N2/c1-3-5-7-9-11-13-15-17-19-22-26-41-30-32-43(33-31-41)36-39-45-40-47(49(48-45)46-28-24-21-25-29-46)44-37-34-42(35-38-44)27-23-20-18-16-14-12-10-8-6-4-2/h21,24-25,28-40,47-48H,3-20,22-23,26-27H2,1-2H3. The highest BCUT2D eigenvalue weighted by molar-refractivity contribution is 5.58. The number of allylic oxidation sites excluding steroid dienone is 1. The lowest BCUT2D eigenvalue weighted by Crippen LogP contribution is -2.33. The van der Waals surface area contributed by atoms with E-state index in [1.165, 1.54) is 169 Å². The van der Waals surface area contributed by atoms with Crippen molar-refractivity contribution in [3.05, 3.63) is 119 Å². The van der Waals surface area contributed by atoms with Crippen LogP contribution in [-0.4, -0.2) is 0 Å². The maximum atomic E-state index is 3.69. The molecule has 266 valence electrons. The number of nitrogens with one attached hydrogen (secondary N) is 1. The summed E-state index contributed by atoms with van der Waals surface area (Å²) in [5.41, 5.74) is 11.5. The van der Waals surface area contributed by atoms with Gasteiger partial charge in [0.05, 0.1) is 17.4 Å². The minimum absolute atomic E-state index is 0.150. The SMILES string of the molecule is CCCCCCCCCCCCc1ccc(C=CC2=CC(c3ccc(CCCCCCCCCCCC)cc3)N(c3ccccc3)N2)cc1. The van der Waals surface area contributed by atoms with Crippen molar-refractivity contribution in [1.82, 2.24) is 5.43 Å². The van der Waals surface area contributed by atoms with Gasteiger partial charge in [0, 0.05) is 0 Å². The Kier molecular flexibility index (Phi) is 18.9. The Hall–Kier alpha value is -3.26. The summed E-state index contributed by atoms with van der Waals surface area (Å²) in [7, 11) is 0. The van der Waals surface area contributed by atoms with E-state index in [0.717, 1.165) is 5.70 Å². The first-order chi connectivity index (χ1) is 24.3. The maximum absolute atomic E-state index is 3.69. The lowest BCUT2D eigenvalue weighted by atomic mass is 10.00. The van der Waals surface area contributed by atoms with Crippen molar-refractivity contribution in [2.75, 3.05) is 5.01 Å². The quantitative estimate of drug-likeness (QED) is 0.0862. The summed E-state index contributed by atoms with van der Waals surface area (Å²) in [6.45, 7) is 4.59. The zero-order valence-corrected chi connectivity index (χ0v) is 31.3. The second-order valence-electron chi connectivity index (χ2n) is 14.6. The molecule has 1 unspecified atom stereocenters. The van der Waals surface area contributed by atoms with Crippen LogP contribution in [0.25, 0.3) is 6.08 Å². The highest BCUT2D eigenvalue weighted by Gasteiger charge is 2.25. The molecule has 0 radical (unpaired) electrons. The van der Waals surface area contributed by atoms with Gasteiger partial charge in [0.25, 0.3) is 0 Å². The molecule has 0 spiro atoms. The minimum atomic E-state index is 0.150. The Balaban J connectivity index is 1.22. The summed E-state index contributed by atoms with van der Waals surface area (Å²) in [5.74, 6) is 0. The van der Waals surface area contributed by atoms with Crippen LogP contribution in [0.4, 0.5) is 5.69 Å². The second kappa shape index (κ2) is 24.0. The average molecular weight is 661 g/mol. The van der Waals surface area contributed by atoms with Gasteiger partial charge in [-0.05, 0) is 72.2 Å². The van der Waals surface area contributed by atoms with Gasteiger partial charge in [0.2, 0.25) is 0 Å². The zero-order chi connectivity index (χ0) is 34.2. The van der Waals surface area contributed by atoms with Gasteiger partial charge in [0.15, 0.2) is 0 Å². The van der Waals surface area contributed by atoms with Crippen molar-refractivity contribution >= 4 is 11.8 Å². The Bertz CT molecular complexity index is 1300. The predicted octanol–water partition coefficient (Wildman–Crippen LogP) is 14.3. The van der Waals surface area contributed by atoms with Crippen LogP contribution in [0.5, 0.6) is 0 Å². The van der Waals surface area contributed by atoms with Crippen LogP contribution in [0.2, 0.25) is 0 Å². The van der Waals surface area contributed by atoms with Gasteiger partial charge in [-0.2, -0.15) is 0 Å². The first-order valence-corrected chi connectivity index (χ1v) is 20.5. The smallest absolute Gasteiger partial charge is 0.0958 e. The fraction of sp³-hybridized carbons (Fsp3) is 0.532. The summed E-state index contributed by atoms with van der Waals surface area (Å²) in [6, 6.07) is 29.4. The van der Waals surface area contributed by atoms with Crippen LogP contribution in [0.15, 0.2) is 96.7 Å². The molecule has 2 heteroatoms. The molecular weight excluding hydrogens is 593 g/mol. The molecule has 0 aliphatic carbocycles. The van der Waals surface area contributed by atoms with Crippen LogP contribution in [-0.2, 0) is 12.8 Å². The highest BCUT2D eigenvalue weighted by atomic mass is 15.5. The Labute approximate surface area is 301 Å². The first-order valence-electron chi connectivity index (χ1n) is 20.5. The third kappa shape index (κ3) is 15.0.